The fraction of sp³-hybridized carbons (Fsp3) is 0.0714. The van der Waals surface area contributed by atoms with E-state index in [1.54, 1.807) is 6.07 Å². The van der Waals surface area contributed by atoms with Crippen molar-refractivity contribution < 1.29 is 18.7 Å². The van der Waals surface area contributed by atoms with Crippen LogP contribution in [0.25, 0.3) is 0 Å². The van der Waals surface area contributed by atoms with Gasteiger partial charge in [0.05, 0.1) is 5.56 Å². The van der Waals surface area contributed by atoms with Crippen molar-refractivity contribution in [1.82, 2.24) is 0 Å². The predicted molar refractivity (Wildman–Crippen MR) is 74.3 cm³/mol. The second kappa shape index (κ2) is 6.24. The molecule has 0 saturated heterocycles. The molecule has 0 aliphatic heterocycles. The number of carbonyl (C=O) groups is 1. The normalized spacial score (nSPS) is 10.6. The first-order chi connectivity index (χ1) is 9.47. The average molecular weight is 315 g/mol. The molecule has 0 saturated carbocycles. The lowest BCUT2D eigenvalue weighted by Crippen LogP contribution is -1.96. The van der Waals surface area contributed by atoms with E-state index in [2.05, 4.69) is 0 Å². The number of hydrogen-bond donors (Lipinski definition) is 1. The van der Waals surface area contributed by atoms with Gasteiger partial charge in [-0.25, -0.2) is 13.6 Å². The quantitative estimate of drug-likeness (QED) is 0.837. The zero-order valence-electron chi connectivity index (χ0n) is 10.1. The van der Waals surface area contributed by atoms with Gasteiger partial charge in [-0.2, -0.15) is 0 Å². The molecule has 2 aromatic carbocycles. The van der Waals surface area contributed by atoms with Gasteiger partial charge in [-0.3, -0.25) is 0 Å². The van der Waals surface area contributed by atoms with Crippen LogP contribution in [0.3, 0.4) is 0 Å². The molecule has 0 bridgehead atoms. The highest BCUT2D eigenvalue weighted by molar-refractivity contribution is 7.98. The van der Waals surface area contributed by atoms with Gasteiger partial charge in [-0.05, 0) is 35.9 Å². The molecular weight excluding hydrogens is 306 g/mol. The average Bonchev–Trinajstić information content (AvgIpc) is 2.40. The van der Waals surface area contributed by atoms with Crippen LogP contribution >= 0.6 is 23.4 Å². The van der Waals surface area contributed by atoms with Crippen molar-refractivity contribution in [2.45, 2.75) is 10.6 Å². The molecule has 0 radical (unpaired) electrons. The molecule has 0 atom stereocenters. The highest BCUT2D eigenvalue weighted by Gasteiger charge is 2.09. The van der Waals surface area contributed by atoms with Crippen molar-refractivity contribution >= 4 is 29.3 Å². The van der Waals surface area contributed by atoms with Crippen LogP contribution in [0.4, 0.5) is 8.78 Å². The van der Waals surface area contributed by atoms with Crippen LogP contribution in [0.5, 0.6) is 0 Å². The smallest absolute Gasteiger partial charge is 0.335 e. The summed E-state index contributed by atoms with van der Waals surface area (Å²) in [6, 6.07) is 7.55. The minimum absolute atomic E-state index is 0.0840. The first kappa shape index (κ1) is 14.8. The predicted octanol–water partition coefficient (Wildman–Crippen LogP) is 4.61. The van der Waals surface area contributed by atoms with Gasteiger partial charge in [-0.1, -0.05) is 17.7 Å². The van der Waals surface area contributed by atoms with Crippen LogP contribution in [-0.4, -0.2) is 11.1 Å². The molecule has 6 heteroatoms. The van der Waals surface area contributed by atoms with E-state index in [1.165, 1.54) is 12.1 Å². The van der Waals surface area contributed by atoms with E-state index in [0.717, 1.165) is 30.0 Å². The SMILES string of the molecule is O=C(O)c1ccc(CSc2cc(F)ccc2F)c(Cl)c1. The van der Waals surface area contributed by atoms with Gasteiger partial charge in [0.1, 0.15) is 11.6 Å². The van der Waals surface area contributed by atoms with Crippen molar-refractivity contribution in [3.8, 4) is 0 Å². The second-order valence-electron chi connectivity index (χ2n) is 3.97. The summed E-state index contributed by atoms with van der Waals surface area (Å²) >= 11 is 7.06. The van der Waals surface area contributed by atoms with E-state index in [0.29, 0.717) is 11.3 Å². The first-order valence-electron chi connectivity index (χ1n) is 5.57. The molecule has 0 unspecified atom stereocenters. The summed E-state index contributed by atoms with van der Waals surface area (Å²) in [5.41, 5.74) is 0.742. The topological polar surface area (TPSA) is 37.3 Å². The summed E-state index contributed by atoms with van der Waals surface area (Å²) in [5, 5.41) is 9.11. The van der Waals surface area contributed by atoms with E-state index in [9.17, 15) is 13.6 Å². The second-order valence-corrected chi connectivity index (χ2v) is 5.40. The number of carboxylic acids is 1. The van der Waals surface area contributed by atoms with E-state index >= 15 is 0 Å². The van der Waals surface area contributed by atoms with E-state index < -0.39 is 17.6 Å². The molecule has 0 aromatic heterocycles. The highest BCUT2D eigenvalue weighted by atomic mass is 35.5. The van der Waals surface area contributed by atoms with Gasteiger partial charge in [0.25, 0.3) is 0 Å². The van der Waals surface area contributed by atoms with Gasteiger partial charge >= 0.3 is 5.97 Å². The Kier molecular flexibility index (Phi) is 4.62. The van der Waals surface area contributed by atoms with Crippen molar-refractivity contribution in [2.24, 2.45) is 0 Å². The molecule has 104 valence electrons. The molecular formula is C14H9ClF2O2S. The Hall–Kier alpha value is -1.59. The molecule has 0 heterocycles. The van der Waals surface area contributed by atoms with Crippen molar-refractivity contribution in [2.75, 3.05) is 0 Å². The van der Waals surface area contributed by atoms with Crippen LogP contribution < -0.4 is 0 Å². The standard InChI is InChI=1S/C14H9ClF2O2S/c15-11-5-8(14(18)19)1-2-9(11)7-20-13-6-10(16)3-4-12(13)17/h1-6H,7H2,(H,18,19). The Bertz CT molecular complexity index is 662. The largest absolute Gasteiger partial charge is 0.478 e. The van der Waals surface area contributed by atoms with E-state index in [4.69, 9.17) is 16.7 Å². The van der Waals surface area contributed by atoms with Crippen LogP contribution in [0.2, 0.25) is 5.02 Å². The van der Waals surface area contributed by atoms with Gasteiger partial charge < -0.3 is 5.11 Å². The van der Waals surface area contributed by atoms with Crippen molar-refractivity contribution in [3.05, 3.63) is 64.2 Å². The van der Waals surface area contributed by atoms with Crippen LogP contribution in [0.1, 0.15) is 15.9 Å². The minimum atomic E-state index is -1.07. The molecule has 0 aliphatic carbocycles. The zero-order valence-corrected chi connectivity index (χ0v) is 11.6. The number of hydrogen-bond acceptors (Lipinski definition) is 2. The number of rotatable bonds is 4. The van der Waals surface area contributed by atoms with E-state index in [-0.39, 0.29) is 15.5 Å². The lowest BCUT2D eigenvalue weighted by Gasteiger charge is -2.06. The lowest BCUT2D eigenvalue weighted by molar-refractivity contribution is 0.0697. The van der Waals surface area contributed by atoms with Gasteiger partial charge in [-0.15, -0.1) is 11.8 Å². The lowest BCUT2D eigenvalue weighted by atomic mass is 10.1. The molecule has 0 amide bonds. The number of thioether (sulfide) groups is 1. The van der Waals surface area contributed by atoms with Crippen molar-refractivity contribution in [3.63, 3.8) is 0 Å². The number of benzene rings is 2. The van der Waals surface area contributed by atoms with Crippen LogP contribution in [0, 0.1) is 11.6 Å². The number of aromatic carboxylic acids is 1. The maximum atomic E-state index is 13.4. The Morgan fingerprint density at radius 3 is 2.60 bits per heavy atom. The molecule has 0 aliphatic rings. The maximum Gasteiger partial charge on any atom is 0.335 e. The molecule has 2 aromatic rings. The Balaban J connectivity index is 2.15. The third-order valence-electron chi connectivity index (χ3n) is 2.58. The Labute approximate surface area is 123 Å². The summed E-state index contributed by atoms with van der Waals surface area (Å²) in [5.74, 6) is -1.77. The molecule has 2 rings (SSSR count). The van der Waals surface area contributed by atoms with Crippen molar-refractivity contribution in [1.29, 1.82) is 0 Å². The monoisotopic (exact) mass is 314 g/mol. The van der Waals surface area contributed by atoms with Gasteiger partial charge in [0.2, 0.25) is 0 Å². The van der Waals surface area contributed by atoms with Gasteiger partial charge in [0.15, 0.2) is 0 Å². The van der Waals surface area contributed by atoms with Crippen LogP contribution in [-0.2, 0) is 5.75 Å². The number of carboxylic acid groups (broad SMARTS) is 1. The molecule has 2 nitrogen and oxygen atoms in total. The fourth-order valence-electron chi connectivity index (χ4n) is 1.54. The summed E-state index contributed by atoms with van der Waals surface area (Å²) in [6.45, 7) is 0. The molecule has 0 spiro atoms. The van der Waals surface area contributed by atoms with Crippen LogP contribution in [0.15, 0.2) is 41.3 Å². The summed E-state index contributed by atoms with van der Waals surface area (Å²) in [4.78, 5) is 11.0. The zero-order chi connectivity index (χ0) is 14.7. The summed E-state index contributed by atoms with van der Waals surface area (Å²) < 4.78 is 26.5. The Morgan fingerprint density at radius 1 is 1.20 bits per heavy atom. The number of halogens is 3. The van der Waals surface area contributed by atoms with Gasteiger partial charge in [0, 0.05) is 15.7 Å². The minimum Gasteiger partial charge on any atom is -0.478 e. The maximum absolute atomic E-state index is 13.4. The third-order valence-corrected chi connectivity index (χ3v) is 4.01. The molecule has 20 heavy (non-hydrogen) atoms. The summed E-state index contributed by atoms with van der Waals surface area (Å²) in [6.07, 6.45) is 0. The van der Waals surface area contributed by atoms with E-state index in [1.807, 2.05) is 0 Å². The third kappa shape index (κ3) is 3.49. The Morgan fingerprint density at radius 2 is 1.95 bits per heavy atom. The first-order valence-corrected chi connectivity index (χ1v) is 6.93. The highest BCUT2D eigenvalue weighted by Crippen LogP contribution is 2.29. The summed E-state index contributed by atoms with van der Waals surface area (Å²) in [7, 11) is 0. The molecule has 0 fully saturated rings. The molecule has 1 N–H and O–H groups in total. The fourth-order valence-corrected chi connectivity index (χ4v) is 2.83.